The minimum absolute atomic E-state index is 0.187. The van der Waals surface area contributed by atoms with Crippen LogP contribution >= 0.6 is 27.7 Å². The zero-order chi connectivity index (χ0) is 14.0. The van der Waals surface area contributed by atoms with Crippen LogP contribution in [0.4, 0.5) is 4.39 Å². The van der Waals surface area contributed by atoms with Gasteiger partial charge in [0.25, 0.3) is 0 Å². The van der Waals surface area contributed by atoms with Gasteiger partial charge in [0.05, 0.1) is 0 Å². The van der Waals surface area contributed by atoms with Crippen LogP contribution < -0.4 is 5.73 Å². The molecule has 1 nitrogen and oxygen atoms in total. The average Bonchev–Trinajstić information content (AvgIpc) is 2.36. The average molecular weight is 340 g/mol. The molecule has 0 fully saturated rings. The summed E-state index contributed by atoms with van der Waals surface area (Å²) in [6, 6.07) is 11.3. The van der Waals surface area contributed by atoms with E-state index in [1.165, 1.54) is 0 Å². The molecule has 0 spiro atoms. The minimum atomic E-state index is -0.201. The van der Waals surface area contributed by atoms with Crippen molar-refractivity contribution < 1.29 is 4.39 Å². The van der Waals surface area contributed by atoms with Crippen LogP contribution in [-0.2, 0) is 0 Å². The number of benzene rings is 2. The molecule has 0 heterocycles. The highest BCUT2D eigenvalue weighted by Gasteiger charge is 2.12. The fourth-order valence-electron chi connectivity index (χ4n) is 1.74. The van der Waals surface area contributed by atoms with Gasteiger partial charge < -0.3 is 5.73 Å². The largest absolute Gasteiger partial charge is 0.324 e. The zero-order valence-electron chi connectivity index (χ0n) is 10.8. The Labute approximate surface area is 125 Å². The summed E-state index contributed by atoms with van der Waals surface area (Å²) in [5.74, 6) is -0.201. The van der Waals surface area contributed by atoms with E-state index < -0.39 is 0 Å². The molecule has 0 aromatic heterocycles. The Balaban J connectivity index is 2.38. The second-order valence-corrected chi connectivity index (χ2v) is 6.51. The third-order valence-electron chi connectivity index (χ3n) is 2.82. The molecule has 0 bridgehead atoms. The Morgan fingerprint density at radius 2 is 1.84 bits per heavy atom. The molecule has 1 atom stereocenters. The smallest absolute Gasteiger partial charge is 0.126 e. The summed E-state index contributed by atoms with van der Waals surface area (Å²) in [4.78, 5) is 2.12. The third-order valence-corrected chi connectivity index (χ3v) is 4.43. The second-order valence-electron chi connectivity index (χ2n) is 4.48. The summed E-state index contributed by atoms with van der Waals surface area (Å²) < 4.78 is 14.7. The highest BCUT2D eigenvalue weighted by Crippen LogP contribution is 2.34. The van der Waals surface area contributed by atoms with E-state index in [0.29, 0.717) is 5.56 Å². The number of hydrogen-bond acceptors (Lipinski definition) is 2. The van der Waals surface area contributed by atoms with Gasteiger partial charge in [-0.15, -0.1) is 0 Å². The second kappa shape index (κ2) is 6.07. The van der Waals surface area contributed by atoms with Gasteiger partial charge in [-0.2, -0.15) is 0 Å². The maximum Gasteiger partial charge on any atom is 0.126 e. The van der Waals surface area contributed by atoms with Gasteiger partial charge in [-0.05, 0) is 61.4 Å². The highest BCUT2D eigenvalue weighted by molar-refractivity contribution is 9.10. The topological polar surface area (TPSA) is 26.0 Å². The zero-order valence-corrected chi connectivity index (χ0v) is 13.2. The summed E-state index contributed by atoms with van der Waals surface area (Å²) >= 11 is 5.02. The van der Waals surface area contributed by atoms with E-state index in [2.05, 4.69) is 15.9 Å². The molecule has 0 unspecified atom stereocenters. The monoisotopic (exact) mass is 339 g/mol. The molecule has 0 aliphatic carbocycles. The van der Waals surface area contributed by atoms with Crippen molar-refractivity contribution in [2.24, 2.45) is 5.73 Å². The Morgan fingerprint density at radius 1 is 1.21 bits per heavy atom. The van der Waals surface area contributed by atoms with Gasteiger partial charge in [0.1, 0.15) is 5.82 Å². The summed E-state index contributed by atoms with van der Waals surface area (Å²) in [5, 5.41) is 0. The van der Waals surface area contributed by atoms with Crippen molar-refractivity contribution in [3.63, 3.8) is 0 Å². The molecule has 0 aliphatic heterocycles. The van der Waals surface area contributed by atoms with Crippen LogP contribution in [0.25, 0.3) is 0 Å². The lowest BCUT2D eigenvalue weighted by atomic mass is 10.1. The van der Waals surface area contributed by atoms with E-state index in [1.807, 2.05) is 37.3 Å². The molecule has 2 aromatic rings. The summed E-state index contributed by atoms with van der Waals surface area (Å²) in [5.41, 5.74) is 7.41. The Bertz CT molecular complexity index is 581. The van der Waals surface area contributed by atoms with E-state index in [1.54, 1.807) is 24.8 Å². The predicted molar refractivity (Wildman–Crippen MR) is 82.0 cm³/mol. The van der Waals surface area contributed by atoms with Gasteiger partial charge in [-0.3, -0.25) is 0 Å². The van der Waals surface area contributed by atoms with Crippen LogP contribution in [0.15, 0.2) is 50.7 Å². The van der Waals surface area contributed by atoms with Crippen molar-refractivity contribution >= 4 is 27.7 Å². The van der Waals surface area contributed by atoms with Crippen LogP contribution in [0.5, 0.6) is 0 Å². The van der Waals surface area contributed by atoms with Gasteiger partial charge in [0, 0.05) is 20.3 Å². The summed E-state index contributed by atoms with van der Waals surface area (Å²) in [6.45, 7) is 3.64. The van der Waals surface area contributed by atoms with E-state index in [-0.39, 0.29) is 11.9 Å². The van der Waals surface area contributed by atoms with Gasteiger partial charge in [-0.1, -0.05) is 27.7 Å². The molecular weight excluding hydrogens is 325 g/mol. The molecule has 4 heteroatoms. The van der Waals surface area contributed by atoms with Crippen molar-refractivity contribution in [1.82, 2.24) is 0 Å². The first kappa shape index (κ1) is 14.6. The molecule has 0 saturated heterocycles. The molecule has 0 radical (unpaired) electrons. The van der Waals surface area contributed by atoms with E-state index in [0.717, 1.165) is 19.8 Å². The van der Waals surface area contributed by atoms with Crippen molar-refractivity contribution in [1.29, 1.82) is 0 Å². The summed E-state index contributed by atoms with van der Waals surface area (Å²) in [7, 11) is 0. The third kappa shape index (κ3) is 3.59. The van der Waals surface area contributed by atoms with Crippen molar-refractivity contribution in [3.05, 3.63) is 57.8 Å². The predicted octanol–water partition coefficient (Wildman–Crippen LogP) is 5.07. The number of hydrogen-bond donors (Lipinski definition) is 1. The molecule has 0 amide bonds. The minimum Gasteiger partial charge on any atom is -0.324 e. The normalized spacial score (nSPS) is 12.5. The number of nitrogens with two attached hydrogens (primary N) is 1. The molecule has 0 saturated carbocycles. The van der Waals surface area contributed by atoms with Crippen LogP contribution in [0.1, 0.15) is 24.1 Å². The molecule has 19 heavy (non-hydrogen) atoms. The van der Waals surface area contributed by atoms with Crippen LogP contribution in [0, 0.1) is 12.7 Å². The molecule has 2 rings (SSSR count). The van der Waals surface area contributed by atoms with Gasteiger partial charge >= 0.3 is 0 Å². The van der Waals surface area contributed by atoms with Crippen LogP contribution in [0.2, 0.25) is 0 Å². The quantitative estimate of drug-likeness (QED) is 0.844. The van der Waals surface area contributed by atoms with Gasteiger partial charge in [-0.25, -0.2) is 4.39 Å². The number of rotatable bonds is 3. The maximum atomic E-state index is 13.6. The maximum absolute atomic E-state index is 13.6. The van der Waals surface area contributed by atoms with Crippen LogP contribution in [0.3, 0.4) is 0 Å². The number of halogens is 2. The molecule has 0 aliphatic rings. The van der Waals surface area contributed by atoms with E-state index in [9.17, 15) is 4.39 Å². The van der Waals surface area contributed by atoms with Gasteiger partial charge in [0.15, 0.2) is 0 Å². The van der Waals surface area contributed by atoms with Crippen molar-refractivity contribution in [2.45, 2.75) is 29.7 Å². The fraction of sp³-hybridized carbons (Fsp3) is 0.200. The van der Waals surface area contributed by atoms with Gasteiger partial charge in [0.2, 0.25) is 0 Å². The van der Waals surface area contributed by atoms with Crippen molar-refractivity contribution in [3.8, 4) is 0 Å². The highest BCUT2D eigenvalue weighted by atomic mass is 79.9. The Morgan fingerprint density at radius 3 is 2.42 bits per heavy atom. The fourth-order valence-corrected chi connectivity index (χ4v) is 3.13. The first-order valence-corrected chi connectivity index (χ1v) is 7.57. The lowest BCUT2D eigenvalue weighted by Crippen LogP contribution is -2.07. The molecule has 2 N–H and O–H groups in total. The lowest BCUT2D eigenvalue weighted by Gasteiger charge is -2.14. The Hall–Kier alpha value is -0.840. The van der Waals surface area contributed by atoms with E-state index >= 15 is 0 Å². The van der Waals surface area contributed by atoms with Crippen LogP contribution in [-0.4, -0.2) is 0 Å². The lowest BCUT2D eigenvalue weighted by molar-refractivity contribution is 0.610. The number of aryl methyl sites for hydroxylation is 1. The van der Waals surface area contributed by atoms with E-state index in [4.69, 9.17) is 5.73 Å². The summed E-state index contributed by atoms with van der Waals surface area (Å²) in [6.07, 6.45) is 0. The first-order chi connectivity index (χ1) is 8.97. The molecule has 2 aromatic carbocycles. The first-order valence-electron chi connectivity index (χ1n) is 5.96. The molecular formula is C15H15BrFNS. The molecule has 100 valence electrons. The standard InChI is InChI=1S/C15H15BrFNS/c1-9-7-15(13(10(2)18)8-14(9)17)19-12-5-3-11(16)4-6-12/h3-8,10H,18H2,1-2H3/t10-/m1/s1. The Kier molecular flexibility index (Phi) is 4.66. The SMILES string of the molecule is Cc1cc(Sc2ccc(Br)cc2)c([C@@H](C)N)cc1F. The van der Waals surface area contributed by atoms with Crippen molar-refractivity contribution in [2.75, 3.05) is 0 Å².